The molecule has 0 aliphatic carbocycles. The van der Waals surface area contributed by atoms with Crippen LogP contribution in [0, 0.1) is 0 Å². The van der Waals surface area contributed by atoms with Gasteiger partial charge in [-0.2, -0.15) is 12.7 Å². The van der Waals surface area contributed by atoms with E-state index in [9.17, 15) is 12.8 Å². The molecule has 0 amide bonds. The van der Waals surface area contributed by atoms with Crippen LogP contribution in [-0.4, -0.2) is 32.0 Å². The van der Waals surface area contributed by atoms with Crippen molar-refractivity contribution in [1.82, 2.24) is 4.31 Å². The summed E-state index contributed by atoms with van der Waals surface area (Å²) in [7, 11) is -3.67. The van der Waals surface area contributed by atoms with E-state index in [1.807, 2.05) is 0 Å². The predicted molar refractivity (Wildman–Crippen MR) is 38.8 cm³/mol. The largest absolute Gasteiger partial charge is 0.277 e. The summed E-state index contributed by atoms with van der Waals surface area (Å²) in [6.07, 6.45) is 1.28. The molecule has 0 aromatic heterocycles. The van der Waals surface area contributed by atoms with E-state index in [4.69, 9.17) is 5.14 Å². The minimum atomic E-state index is -3.67. The van der Waals surface area contributed by atoms with Crippen LogP contribution in [0.15, 0.2) is 0 Å². The van der Waals surface area contributed by atoms with Gasteiger partial charge in [-0.1, -0.05) is 0 Å². The Labute approximate surface area is 65.4 Å². The Hall–Kier alpha value is -0.200. The SMILES string of the molecule is NS(=O)(=O)N1CCCC1CF. The molecule has 0 spiro atoms. The molecule has 66 valence electrons. The first-order valence-corrected chi connectivity index (χ1v) is 4.91. The maximum atomic E-state index is 12.1. The van der Waals surface area contributed by atoms with E-state index in [-0.39, 0.29) is 0 Å². The molecule has 1 aliphatic rings. The molecule has 1 saturated heterocycles. The summed E-state index contributed by atoms with van der Waals surface area (Å²) in [5.74, 6) is 0. The molecule has 11 heavy (non-hydrogen) atoms. The second-order valence-electron chi connectivity index (χ2n) is 2.61. The Kier molecular flexibility index (Phi) is 2.46. The van der Waals surface area contributed by atoms with Crippen LogP contribution >= 0.6 is 0 Å². The first-order valence-electron chi connectivity index (χ1n) is 3.41. The third kappa shape index (κ3) is 1.88. The molecule has 0 bridgehead atoms. The van der Waals surface area contributed by atoms with E-state index in [1.54, 1.807) is 0 Å². The highest BCUT2D eigenvalue weighted by molar-refractivity contribution is 7.86. The molecule has 1 fully saturated rings. The van der Waals surface area contributed by atoms with Gasteiger partial charge in [0.25, 0.3) is 10.2 Å². The van der Waals surface area contributed by atoms with E-state index in [2.05, 4.69) is 0 Å². The Morgan fingerprint density at radius 3 is 2.64 bits per heavy atom. The lowest BCUT2D eigenvalue weighted by molar-refractivity contribution is 0.312. The summed E-state index contributed by atoms with van der Waals surface area (Å²) in [6.45, 7) is -0.288. The van der Waals surface area contributed by atoms with Gasteiger partial charge >= 0.3 is 0 Å². The van der Waals surface area contributed by atoms with Crippen LogP contribution in [0.2, 0.25) is 0 Å². The molecule has 1 atom stereocenters. The third-order valence-corrected chi connectivity index (χ3v) is 2.96. The summed E-state index contributed by atoms with van der Waals surface area (Å²) >= 11 is 0. The highest BCUT2D eigenvalue weighted by Crippen LogP contribution is 2.18. The second-order valence-corrected chi connectivity index (χ2v) is 4.10. The van der Waals surface area contributed by atoms with Crippen LogP contribution in [0.1, 0.15) is 12.8 Å². The van der Waals surface area contributed by atoms with Gasteiger partial charge in [-0.3, -0.25) is 0 Å². The number of halogens is 1. The van der Waals surface area contributed by atoms with Crippen LogP contribution in [0.5, 0.6) is 0 Å². The predicted octanol–water partition coefficient (Wildman–Crippen LogP) is -0.376. The number of hydrogen-bond donors (Lipinski definition) is 1. The first kappa shape index (κ1) is 8.89. The summed E-state index contributed by atoms with van der Waals surface area (Å²) in [5, 5.41) is 4.84. The van der Waals surface area contributed by atoms with Crippen LogP contribution in [0.4, 0.5) is 4.39 Å². The van der Waals surface area contributed by atoms with Gasteiger partial charge in [-0.25, -0.2) is 9.53 Å². The first-order chi connectivity index (χ1) is 5.05. The van der Waals surface area contributed by atoms with E-state index in [1.165, 1.54) is 0 Å². The van der Waals surface area contributed by atoms with E-state index in [0.29, 0.717) is 19.4 Å². The fraction of sp³-hybridized carbons (Fsp3) is 1.00. The van der Waals surface area contributed by atoms with Crippen molar-refractivity contribution < 1.29 is 12.8 Å². The van der Waals surface area contributed by atoms with Crippen molar-refractivity contribution in [3.63, 3.8) is 0 Å². The van der Waals surface area contributed by atoms with Gasteiger partial charge in [0.15, 0.2) is 0 Å². The van der Waals surface area contributed by atoms with Gasteiger partial charge in [0.05, 0.1) is 6.04 Å². The lowest BCUT2D eigenvalue weighted by atomic mass is 10.2. The molecule has 0 aromatic carbocycles. The Morgan fingerprint density at radius 2 is 2.27 bits per heavy atom. The van der Waals surface area contributed by atoms with Crippen LogP contribution < -0.4 is 5.14 Å². The molecule has 0 saturated carbocycles. The van der Waals surface area contributed by atoms with Crippen LogP contribution in [0.3, 0.4) is 0 Å². The molecule has 1 aliphatic heterocycles. The molecular formula is C5H11FN2O2S. The maximum Gasteiger partial charge on any atom is 0.277 e. The number of nitrogens with zero attached hydrogens (tertiary/aromatic N) is 1. The number of rotatable bonds is 2. The number of alkyl halides is 1. The fourth-order valence-corrected chi connectivity index (χ4v) is 2.26. The van der Waals surface area contributed by atoms with Crippen molar-refractivity contribution in [3.05, 3.63) is 0 Å². The highest BCUT2D eigenvalue weighted by Gasteiger charge is 2.31. The number of nitrogens with two attached hydrogens (primary N) is 1. The quantitative estimate of drug-likeness (QED) is 0.633. The standard InChI is InChI=1S/C5H11FN2O2S/c6-4-5-2-1-3-8(5)11(7,9)10/h5H,1-4H2,(H2,7,9,10). The van der Waals surface area contributed by atoms with E-state index >= 15 is 0 Å². The lowest BCUT2D eigenvalue weighted by Crippen LogP contribution is -2.41. The van der Waals surface area contributed by atoms with Crippen molar-refractivity contribution in [3.8, 4) is 0 Å². The molecule has 2 N–H and O–H groups in total. The zero-order valence-corrected chi connectivity index (χ0v) is 6.85. The van der Waals surface area contributed by atoms with Gasteiger partial charge in [-0.15, -0.1) is 0 Å². The van der Waals surface area contributed by atoms with E-state index < -0.39 is 22.9 Å². The summed E-state index contributed by atoms with van der Waals surface area (Å²) in [6, 6.07) is -0.523. The molecule has 1 heterocycles. The molecule has 0 radical (unpaired) electrons. The molecule has 4 nitrogen and oxygen atoms in total. The second kappa shape index (κ2) is 3.04. The topological polar surface area (TPSA) is 63.4 Å². The molecule has 1 unspecified atom stereocenters. The van der Waals surface area contributed by atoms with Crippen molar-refractivity contribution in [2.24, 2.45) is 5.14 Å². The van der Waals surface area contributed by atoms with Crippen molar-refractivity contribution in [2.75, 3.05) is 13.2 Å². The van der Waals surface area contributed by atoms with Gasteiger partial charge < -0.3 is 0 Å². The Bertz CT molecular complexity index is 229. The summed E-state index contributed by atoms with van der Waals surface area (Å²) < 4.78 is 34.6. The average Bonchev–Trinajstić information content (AvgIpc) is 2.31. The molecule has 0 aromatic rings. The summed E-state index contributed by atoms with van der Waals surface area (Å²) in [4.78, 5) is 0. The van der Waals surface area contributed by atoms with Crippen molar-refractivity contribution >= 4 is 10.2 Å². The lowest BCUT2D eigenvalue weighted by Gasteiger charge is -2.17. The molecular weight excluding hydrogens is 171 g/mol. The van der Waals surface area contributed by atoms with Gasteiger partial charge in [0, 0.05) is 6.54 Å². The minimum Gasteiger partial charge on any atom is -0.249 e. The van der Waals surface area contributed by atoms with Crippen molar-refractivity contribution in [1.29, 1.82) is 0 Å². The normalized spacial score (nSPS) is 27.6. The highest BCUT2D eigenvalue weighted by atomic mass is 32.2. The van der Waals surface area contributed by atoms with Gasteiger partial charge in [-0.05, 0) is 12.8 Å². The Morgan fingerprint density at radius 1 is 1.64 bits per heavy atom. The smallest absolute Gasteiger partial charge is 0.249 e. The average molecular weight is 182 g/mol. The monoisotopic (exact) mass is 182 g/mol. The maximum absolute atomic E-state index is 12.1. The fourth-order valence-electron chi connectivity index (χ4n) is 1.30. The van der Waals surface area contributed by atoms with Crippen LogP contribution in [0.25, 0.3) is 0 Å². The molecule has 6 heteroatoms. The zero-order chi connectivity index (χ0) is 8.48. The minimum absolute atomic E-state index is 0.355. The molecule has 1 rings (SSSR count). The van der Waals surface area contributed by atoms with E-state index in [0.717, 1.165) is 4.31 Å². The van der Waals surface area contributed by atoms with Crippen LogP contribution in [-0.2, 0) is 10.2 Å². The van der Waals surface area contributed by atoms with Gasteiger partial charge in [0.1, 0.15) is 6.67 Å². The number of hydrogen-bond acceptors (Lipinski definition) is 2. The third-order valence-electron chi connectivity index (χ3n) is 1.83. The zero-order valence-electron chi connectivity index (χ0n) is 6.03. The summed E-state index contributed by atoms with van der Waals surface area (Å²) in [5.41, 5.74) is 0. The van der Waals surface area contributed by atoms with Gasteiger partial charge in [0.2, 0.25) is 0 Å². The van der Waals surface area contributed by atoms with Crippen molar-refractivity contribution in [2.45, 2.75) is 18.9 Å². The Balaban J connectivity index is 2.72.